The largest absolute Gasteiger partial charge is 0.494 e. The summed E-state index contributed by atoms with van der Waals surface area (Å²) in [4.78, 5) is 11.0. The lowest BCUT2D eigenvalue weighted by Gasteiger charge is -2.30. The molecule has 0 saturated heterocycles. The third kappa shape index (κ3) is 3.73. The molecule has 0 saturated carbocycles. The molecule has 0 radical (unpaired) electrons. The summed E-state index contributed by atoms with van der Waals surface area (Å²) in [6.07, 6.45) is 5.47. The number of fused-ring (bicyclic) bond motifs is 1. The molecule has 1 aliphatic heterocycles. The van der Waals surface area contributed by atoms with Crippen molar-refractivity contribution in [2.75, 3.05) is 24.7 Å². The molecule has 0 atom stereocenters. The molecule has 0 N–H and O–H groups in total. The standard InChI is InChI=1S/C18H23N3O2/c1-3-9-23-16-6-5-15-13-21(8-7-14(15)10-16)17-11-19-12-18(20-17)22-4-2/h5-6,10-12H,3-4,7-9,13H2,1-2H3. The Balaban J connectivity index is 1.74. The van der Waals surface area contributed by atoms with Crippen molar-refractivity contribution in [1.29, 1.82) is 0 Å². The topological polar surface area (TPSA) is 47.5 Å². The van der Waals surface area contributed by atoms with Crippen molar-refractivity contribution in [3.63, 3.8) is 0 Å². The molecule has 5 heteroatoms. The van der Waals surface area contributed by atoms with E-state index in [-0.39, 0.29) is 0 Å². The normalized spacial score (nSPS) is 13.6. The molecule has 2 heterocycles. The maximum absolute atomic E-state index is 5.72. The van der Waals surface area contributed by atoms with E-state index in [9.17, 15) is 0 Å². The molecule has 0 aliphatic carbocycles. The molecule has 2 aromatic rings. The average Bonchev–Trinajstić information content (AvgIpc) is 2.60. The van der Waals surface area contributed by atoms with Crippen LogP contribution in [0.4, 0.5) is 5.82 Å². The fourth-order valence-electron chi connectivity index (χ4n) is 2.74. The second kappa shape index (κ2) is 7.31. The molecule has 1 aliphatic rings. The summed E-state index contributed by atoms with van der Waals surface area (Å²) in [5.74, 6) is 2.42. The minimum atomic E-state index is 0.583. The molecule has 1 aromatic carbocycles. The number of aromatic nitrogens is 2. The van der Waals surface area contributed by atoms with Crippen LogP contribution in [0.15, 0.2) is 30.6 Å². The summed E-state index contributed by atoms with van der Waals surface area (Å²) in [5.41, 5.74) is 2.69. The average molecular weight is 313 g/mol. The van der Waals surface area contributed by atoms with Crippen molar-refractivity contribution in [2.24, 2.45) is 0 Å². The summed E-state index contributed by atoms with van der Waals surface area (Å²) in [7, 11) is 0. The van der Waals surface area contributed by atoms with Crippen molar-refractivity contribution in [3.05, 3.63) is 41.7 Å². The van der Waals surface area contributed by atoms with Gasteiger partial charge in [0, 0.05) is 13.1 Å². The van der Waals surface area contributed by atoms with E-state index in [0.29, 0.717) is 12.5 Å². The second-order valence-corrected chi connectivity index (χ2v) is 5.60. The van der Waals surface area contributed by atoms with E-state index in [4.69, 9.17) is 9.47 Å². The smallest absolute Gasteiger partial charge is 0.234 e. The van der Waals surface area contributed by atoms with Crippen LogP contribution in [-0.2, 0) is 13.0 Å². The van der Waals surface area contributed by atoms with Gasteiger partial charge in [-0.25, -0.2) is 0 Å². The van der Waals surface area contributed by atoms with Crippen LogP contribution in [0.25, 0.3) is 0 Å². The van der Waals surface area contributed by atoms with Crippen molar-refractivity contribution >= 4 is 5.82 Å². The van der Waals surface area contributed by atoms with Crippen LogP contribution in [0.5, 0.6) is 11.6 Å². The van der Waals surface area contributed by atoms with E-state index in [2.05, 4.69) is 40.0 Å². The van der Waals surface area contributed by atoms with E-state index in [1.54, 1.807) is 12.4 Å². The minimum absolute atomic E-state index is 0.583. The fourth-order valence-corrected chi connectivity index (χ4v) is 2.74. The Morgan fingerprint density at radius 2 is 2.04 bits per heavy atom. The first-order valence-corrected chi connectivity index (χ1v) is 8.24. The predicted molar refractivity (Wildman–Crippen MR) is 90.2 cm³/mol. The van der Waals surface area contributed by atoms with E-state index in [0.717, 1.165) is 44.1 Å². The fraction of sp³-hybridized carbons (Fsp3) is 0.444. The third-order valence-electron chi connectivity index (χ3n) is 3.88. The first kappa shape index (κ1) is 15.6. The quantitative estimate of drug-likeness (QED) is 0.819. The van der Waals surface area contributed by atoms with Crippen LogP contribution in [0.3, 0.4) is 0 Å². The third-order valence-corrected chi connectivity index (χ3v) is 3.88. The highest BCUT2D eigenvalue weighted by atomic mass is 16.5. The maximum Gasteiger partial charge on any atom is 0.234 e. The highest BCUT2D eigenvalue weighted by Gasteiger charge is 2.18. The first-order chi connectivity index (χ1) is 11.3. The lowest BCUT2D eigenvalue weighted by Crippen LogP contribution is -2.31. The molecule has 0 fully saturated rings. The minimum Gasteiger partial charge on any atom is -0.494 e. The van der Waals surface area contributed by atoms with Gasteiger partial charge >= 0.3 is 0 Å². The summed E-state index contributed by atoms with van der Waals surface area (Å²) in [5, 5.41) is 0. The molecular weight excluding hydrogens is 290 g/mol. The zero-order valence-corrected chi connectivity index (χ0v) is 13.8. The summed E-state index contributed by atoms with van der Waals surface area (Å²) < 4.78 is 11.2. The first-order valence-electron chi connectivity index (χ1n) is 8.24. The van der Waals surface area contributed by atoms with Crippen LogP contribution in [0, 0.1) is 0 Å². The van der Waals surface area contributed by atoms with Gasteiger partial charge in [-0.05, 0) is 43.0 Å². The molecule has 0 unspecified atom stereocenters. The number of hydrogen-bond acceptors (Lipinski definition) is 5. The van der Waals surface area contributed by atoms with Crippen LogP contribution >= 0.6 is 0 Å². The van der Waals surface area contributed by atoms with Crippen LogP contribution in [0.2, 0.25) is 0 Å². The molecular formula is C18H23N3O2. The van der Waals surface area contributed by atoms with Crippen molar-refractivity contribution in [2.45, 2.75) is 33.2 Å². The number of ether oxygens (including phenoxy) is 2. The van der Waals surface area contributed by atoms with Crippen LogP contribution in [-0.4, -0.2) is 29.7 Å². The monoisotopic (exact) mass is 313 g/mol. The van der Waals surface area contributed by atoms with E-state index < -0.39 is 0 Å². The van der Waals surface area contributed by atoms with Gasteiger partial charge < -0.3 is 14.4 Å². The number of anilines is 1. The second-order valence-electron chi connectivity index (χ2n) is 5.60. The van der Waals surface area contributed by atoms with Gasteiger partial charge in [0.1, 0.15) is 5.75 Å². The van der Waals surface area contributed by atoms with Crippen molar-refractivity contribution in [3.8, 4) is 11.6 Å². The lowest BCUT2D eigenvalue weighted by molar-refractivity contribution is 0.317. The van der Waals surface area contributed by atoms with E-state index in [1.165, 1.54) is 11.1 Å². The van der Waals surface area contributed by atoms with Crippen molar-refractivity contribution in [1.82, 2.24) is 9.97 Å². The Labute approximate surface area is 137 Å². The Hall–Kier alpha value is -2.30. The van der Waals surface area contributed by atoms with Gasteiger partial charge in [-0.2, -0.15) is 4.98 Å². The number of rotatable bonds is 6. The van der Waals surface area contributed by atoms with E-state index >= 15 is 0 Å². The zero-order chi connectivity index (χ0) is 16.1. The Bertz CT molecular complexity index is 660. The molecule has 0 bridgehead atoms. The van der Waals surface area contributed by atoms with Crippen LogP contribution in [0.1, 0.15) is 31.4 Å². The summed E-state index contributed by atoms with van der Waals surface area (Å²) in [6.45, 7) is 7.20. The highest BCUT2D eigenvalue weighted by molar-refractivity contribution is 5.45. The molecule has 5 nitrogen and oxygen atoms in total. The summed E-state index contributed by atoms with van der Waals surface area (Å²) in [6, 6.07) is 6.39. The Kier molecular flexibility index (Phi) is 4.95. The van der Waals surface area contributed by atoms with Gasteiger partial charge in [-0.15, -0.1) is 0 Å². The highest BCUT2D eigenvalue weighted by Crippen LogP contribution is 2.27. The number of hydrogen-bond donors (Lipinski definition) is 0. The molecule has 3 rings (SSSR count). The van der Waals surface area contributed by atoms with Gasteiger partial charge in [-0.3, -0.25) is 4.98 Å². The van der Waals surface area contributed by atoms with Crippen LogP contribution < -0.4 is 14.4 Å². The van der Waals surface area contributed by atoms with Crippen molar-refractivity contribution < 1.29 is 9.47 Å². The zero-order valence-electron chi connectivity index (χ0n) is 13.8. The number of nitrogens with zero attached hydrogens (tertiary/aromatic N) is 3. The Morgan fingerprint density at radius 3 is 2.87 bits per heavy atom. The van der Waals surface area contributed by atoms with Gasteiger partial charge in [0.2, 0.25) is 5.88 Å². The van der Waals surface area contributed by atoms with Gasteiger partial charge in [0.25, 0.3) is 0 Å². The number of benzene rings is 1. The molecule has 1 aromatic heterocycles. The van der Waals surface area contributed by atoms with E-state index in [1.807, 2.05) is 6.92 Å². The molecule has 23 heavy (non-hydrogen) atoms. The predicted octanol–water partition coefficient (Wildman–Crippen LogP) is 3.23. The Morgan fingerprint density at radius 1 is 1.13 bits per heavy atom. The SMILES string of the molecule is CCCOc1ccc2c(c1)CCN(c1cncc(OCC)n1)C2. The molecule has 0 spiro atoms. The van der Waals surface area contributed by atoms with Gasteiger partial charge in [-0.1, -0.05) is 13.0 Å². The molecule has 0 amide bonds. The lowest BCUT2D eigenvalue weighted by atomic mass is 9.99. The summed E-state index contributed by atoms with van der Waals surface area (Å²) >= 11 is 0. The molecule has 122 valence electrons. The van der Waals surface area contributed by atoms with Gasteiger partial charge in [0.05, 0.1) is 25.6 Å². The van der Waals surface area contributed by atoms with Gasteiger partial charge in [0.15, 0.2) is 5.82 Å². The maximum atomic E-state index is 5.72.